The highest BCUT2D eigenvalue weighted by atomic mass is 32.1. The number of thiol groups is 1. The number of rotatable bonds is 4. The molecule has 25 heavy (non-hydrogen) atoms. The normalized spacial score (nSPS) is 15.0. The summed E-state index contributed by atoms with van der Waals surface area (Å²) < 4.78 is 0. The summed E-state index contributed by atoms with van der Waals surface area (Å²) in [7, 11) is 0. The van der Waals surface area contributed by atoms with Gasteiger partial charge in [0.25, 0.3) is 5.91 Å². The van der Waals surface area contributed by atoms with Crippen molar-refractivity contribution in [2.75, 3.05) is 13.1 Å². The van der Waals surface area contributed by atoms with Gasteiger partial charge in [-0.25, -0.2) is 0 Å². The summed E-state index contributed by atoms with van der Waals surface area (Å²) >= 11 is 4.33. The van der Waals surface area contributed by atoms with Crippen molar-refractivity contribution in [2.45, 2.75) is 30.2 Å². The third kappa shape index (κ3) is 4.63. The van der Waals surface area contributed by atoms with Crippen LogP contribution in [-0.2, 0) is 11.2 Å². The van der Waals surface area contributed by atoms with Crippen LogP contribution in [0.2, 0.25) is 0 Å². The number of amides is 2. The van der Waals surface area contributed by atoms with Crippen LogP contribution in [0.15, 0.2) is 59.5 Å². The van der Waals surface area contributed by atoms with Gasteiger partial charge in [0, 0.05) is 24.0 Å². The largest absolute Gasteiger partial charge is 0.349 e. The van der Waals surface area contributed by atoms with Crippen molar-refractivity contribution < 1.29 is 9.59 Å². The molecule has 1 aliphatic heterocycles. The SMILES string of the molecule is O=C(NC1CCN(C(=O)Cc2ccccc2)CC1)c1ccccc1S. The minimum Gasteiger partial charge on any atom is -0.349 e. The number of hydrogen-bond acceptors (Lipinski definition) is 3. The Hall–Kier alpha value is -2.27. The van der Waals surface area contributed by atoms with Crippen LogP contribution in [-0.4, -0.2) is 35.8 Å². The molecule has 0 unspecified atom stereocenters. The molecule has 0 saturated carbocycles. The first-order valence-electron chi connectivity index (χ1n) is 8.54. The summed E-state index contributed by atoms with van der Waals surface area (Å²) in [5.74, 6) is 0.0522. The quantitative estimate of drug-likeness (QED) is 0.830. The molecule has 0 radical (unpaired) electrons. The van der Waals surface area contributed by atoms with E-state index in [0.29, 0.717) is 30.0 Å². The van der Waals surface area contributed by atoms with E-state index < -0.39 is 0 Å². The Morgan fingerprint density at radius 1 is 1.00 bits per heavy atom. The summed E-state index contributed by atoms with van der Waals surface area (Å²) in [6.45, 7) is 1.36. The fourth-order valence-electron chi connectivity index (χ4n) is 3.08. The van der Waals surface area contributed by atoms with Crippen molar-refractivity contribution >= 4 is 24.4 Å². The molecule has 0 aromatic heterocycles. The van der Waals surface area contributed by atoms with Gasteiger partial charge in [-0.1, -0.05) is 42.5 Å². The van der Waals surface area contributed by atoms with E-state index in [1.807, 2.05) is 53.4 Å². The van der Waals surface area contributed by atoms with Gasteiger partial charge < -0.3 is 10.2 Å². The molecule has 1 aliphatic rings. The number of hydrogen-bond donors (Lipinski definition) is 2. The highest BCUT2D eigenvalue weighted by molar-refractivity contribution is 7.80. The van der Waals surface area contributed by atoms with Crippen molar-refractivity contribution in [2.24, 2.45) is 0 Å². The molecule has 1 N–H and O–H groups in total. The maximum Gasteiger partial charge on any atom is 0.252 e. The highest BCUT2D eigenvalue weighted by Gasteiger charge is 2.24. The van der Waals surface area contributed by atoms with E-state index in [1.165, 1.54) is 0 Å². The second-order valence-electron chi connectivity index (χ2n) is 6.31. The lowest BCUT2D eigenvalue weighted by Crippen LogP contribution is -2.47. The smallest absolute Gasteiger partial charge is 0.252 e. The first-order valence-corrected chi connectivity index (χ1v) is 8.99. The van der Waals surface area contributed by atoms with Crippen molar-refractivity contribution in [3.63, 3.8) is 0 Å². The fourth-order valence-corrected chi connectivity index (χ4v) is 3.35. The number of nitrogens with one attached hydrogen (secondary N) is 1. The molecule has 0 spiro atoms. The van der Waals surface area contributed by atoms with Gasteiger partial charge in [0.1, 0.15) is 0 Å². The van der Waals surface area contributed by atoms with E-state index in [-0.39, 0.29) is 17.9 Å². The highest BCUT2D eigenvalue weighted by Crippen LogP contribution is 2.16. The number of nitrogens with zero attached hydrogens (tertiary/aromatic N) is 1. The zero-order valence-electron chi connectivity index (χ0n) is 14.0. The van der Waals surface area contributed by atoms with Crippen molar-refractivity contribution in [1.29, 1.82) is 0 Å². The lowest BCUT2D eigenvalue weighted by molar-refractivity contribution is -0.131. The molecular formula is C20H22N2O2S. The summed E-state index contributed by atoms with van der Waals surface area (Å²) in [6, 6.07) is 17.2. The second-order valence-corrected chi connectivity index (χ2v) is 6.79. The van der Waals surface area contributed by atoms with E-state index in [0.717, 1.165) is 18.4 Å². The van der Waals surface area contributed by atoms with E-state index in [1.54, 1.807) is 6.07 Å². The van der Waals surface area contributed by atoms with Gasteiger partial charge in [-0.15, -0.1) is 12.6 Å². The molecule has 130 valence electrons. The fraction of sp³-hybridized carbons (Fsp3) is 0.300. The third-order valence-electron chi connectivity index (χ3n) is 4.53. The molecule has 4 nitrogen and oxygen atoms in total. The van der Waals surface area contributed by atoms with Gasteiger partial charge in [-0.2, -0.15) is 0 Å². The standard InChI is InChI=1S/C20H22N2O2S/c23-19(14-15-6-2-1-3-7-15)22-12-10-16(11-13-22)21-20(24)17-8-4-5-9-18(17)25/h1-9,16,25H,10-14H2,(H,21,24). The maximum atomic E-state index is 12.4. The Morgan fingerprint density at radius 3 is 2.32 bits per heavy atom. The van der Waals surface area contributed by atoms with Crippen LogP contribution < -0.4 is 5.32 Å². The topological polar surface area (TPSA) is 49.4 Å². The third-order valence-corrected chi connectivity index (χ3v) is 4.92. The monoisotopic (exact) mass is 354 g/mol. The van der Waals surface area contributed by atoms with Gasteiger partial charge in [-0.3, -0.25) is 9.59 Å². The summed E-state index contributed by atoms with van der Waals surface area (Å²) in [4.78, 5) is 27.3. The average molecular weight is 354 g/mol. The van der Waals surface area contributed by atoms with E-state index >= 15 is 0 Å². The molecule has 3 rings (SSSR count). The van der Waals surface area contributed by atoms with Crippen molar-refractivity contribution in [1.82, 2.24) is 10.2 Å². The van der Waals surface area contributed by atoms with Crippen molar-refractivity contribution in [3.8, 4) is 0 Å². The van der Waals surface area contributed by atoms with E-state index in [4.69, 9.17) is 0 Å². The number of likely N-dealkylation sites (tertiary alicyclic amines) is 1. The molecule has 0 aliphatic carbocycles. The lowest BCUT2D eigenvalue weighted by atomic mass is 10.0. The minimum absolute atomic E-state index is 0.0975. The molecule has 0 bridgehead atoms. The van der Waals surface area contributed by atoms with Crippen LogP contribution in [0.3, 0.4) is 0 Å². The van der Waals surface area contributed by atoms with Gasteiger partial charge >= 0.3 is 0 Å². The summed E-state index contributed by atoms with van der Waals surface area (Å²) in [5, 5.41) is 3.06. The number of carbonyl (C=O) groups is 2. The number of carbonyl (C=O) groups excluding carboxylic acids is 2. The predicted molar refractivity (Wildman–Crippen MR) is 101 cm³/mol. The first-order chi connectivity index (χ1) is 12.1. The van der Waals surface area contributed by atoms with Crippen LogP contribution in [0.25, 0.3) is 0 Å². The summed E-state index contributed by atoms with van der Waals surface area (Å²) in [5.41, 5.74) is 1.63. The van der Waals surface area contributed by atoms with E-state index in [2.05, 4.69) is 17.9 Å². The zero-order valence-corrected chi connectivity index (χ0v) is 14.9. The van der Waals surface area contributed by atoms with Crippen LogP contribution in [0, 0.1) is 0 Å². The van der Waals surface area contributed by atoms with Crippen LogP contribution in [0.1, 0.15) is 28.8 Å². The Bertz CT molecular complexity index is 740. The second kappa shape index (κ2) is 8.21. The van der Waals surface area contributed by atoms with Gasteiger partial charge in [0.15, 0.2) is 0 Å². The zero-order chi connectivity index (χ0) is 17.6. The van der Waals surface area contributed by atoms with Gasteiger partial charge in [-0.05, 0) is 30.5 Å². The molecule has 2 amide bonds. The Balaban J connectivity index is 1.49. The lowest BCUT2D eigenvalue weighted by Gasteiger charge is -2.32. The maximum absolute atomic E-state index is 12.4. The first kappa shape index (κ1) is 17.5. The molecule has 5 heteroatoms. The molecule has 1 heterocycles. The number of benzene rings is 2. The molecule has 0 atom stereocenters. The van der Waals surface area contributed by atoms with Gasteiger partial charge in [0.05, 0.1) is 12.0 Å². The molecular weight excluding hydrogens is 332 g/mol. The molecule has 2 aromatic carbocycles. The molecule has 1 saturated heterocycles. The molecule has 1 fully saturated rings. The average Bonchev–Trinajstić information content (AvgIpc) is 2.63. The van der Waals surface area contributed by atoms with Gasteiger partial charge in [0.2, 0.25) is 5.91 Å². The van der Waals surface area contributed by atoms with Crippen LogP contribution in [0.4, 0.5) is 0 Å². The van der Waals surface area contributed by atoms with Crippen molar-refractivity contribution in [3.05, 3.63) is 65.7 Å². The van der Waals surface area contributed by atoms with Crippen LogP contribution >= 0.6 is 12.6 Å². The number of piperidine rings is 1. The Kier molecular flexibility index (Phi) is 5.76. The predicted octanol–water partition coefficient (Wildman–Crippen LogP) is 2.94. The minimum atomic E-state index is -0.0975. The molecule has 2 aromatic rings. The summed E-state index contributed by atoms with van der Waals surface area (Å²) in [6.07, 6.45) is 1.99. The Morgan fingerprint density at radius 2 is 1.64 bits per heavy atom. The van der Waals surface area contributed by atoms with E-state index in [9.17, 15) is 9.59 Å². The Labute approximate surface area is 153 Å². The van der Waals surface area contributed by atoms with Crippen LogP contribution in [0.5, 0.6) is 0 Å².